The van der Waals surface area contributed by atoms with Crippen LogP contribution >= 0.6 is 11.3 Å². The van der Waals surface area contributed by atoms with E-state index in [9.17, 15) is 18.4 Å². The average molecular weight is 439 g/mol. The van der Waals surface area contributed by atoms with Gasteiger partial charge in [-0.25, -0.2) is 13.8 Å². The summed E-state index contributed by atoms with van der Waals surface area (Å²) in [5, 5.41) is 2.94. The molecule has 0 spiro atoms. The molecule has 1 N–H and O–H groups in total. The highest BCUT2D eigenvalue weighted by Crippen LogP contribution is 2.39. The molecule has 1 saturated carbocycles. The van der Waals surface area contributed by atoms with Crippen LogP contribution in [0.5, 0.6) is 0 Å². The minimum Gasteiger partial charge on any atom is -0.312 e. The smallest absolute Gasteiger partial charge is 0.260 e. The fraction of sp³-hybridized carbons (Fsp3) is 0.261. The maximum absolute atomic E-state index is 13.9. The molecule has 0 unspecified atom stereocenters. The Balaban J connectivity index is 1.37. The van der Waals surface area contributed by atoms with Gasteiger partial charge in [-0.1, -0.05) is 6.07 Å². The lowest BCUT2D eigenvalue weighted by atomic mass is 10.1. The van der Waals surface area contributed by atoms with E-state index < -0.39 is 17.5 Å². The molecule has 1 fully saturated rings. The highest BCUT2D eigenvalue weighted by Gasteiger charge is 2.36. The van der Waals surface area contributed by atoms with E-state index >= 15 is 0 Å². The number of nitrogens with zero attached hydrogens (tertiary/aromatic N) is 2. The first-order valence-electron chi connectivity index (χ1n) is 10.1. The lowest BCUT2D eigenvalue weighted by molar-refractivity contribution is -0.119. The third-order valence-electron chi connectivity index (χ3n) is 5.63. The van der Waals surface area contributed by atoms with Crippen LogP contribution < -0.4 is 10.2 Å². The Morgan fingerprint density at radius 2 is 1.97 bits per heavy atom. The number of fused-ring (bicyclic) bond motifs is 1. The minimum atomic E-state index is -0.921. The molecule has 0 saturated heterocycles. The van der Waals surface area contributed by atoms with Crippen LogP contribution in [0.2, 0.25) is 0 Å². The van der Waals surface area contributed by atoms with E-state index in [1.54, 1.807) is 0 Å². The van der Waals surface area contributed by atoms with Crippen molar-refractivity contribution in [3.63, 3.8) is 0 Å². The highest BCUT2D eigenvalue weighted by atomic mass is 32.1. The summed E-state index contributed by atoms with van der Waals surface area (Å²) in [4.78, 5) is 32.1. The summed E-state index contributed by atoms with van der Waals surface area (Å²) in [6, 6.07) is 8.76. The molecule has 0 atom stereocenters. The summed E-state index contributed by atoms with van der Waals surface area (Å²) >= 11 is 1.29. The number of thiazole rings is 1. The summed E-state index contributed by atoms with van der Waals surface area (Å²) < 4.78 is 27.0. The second-order valence-electron chi connectivity index (χ2n) is 7.86. The van der Waals surface area contributed by atoms with E-state index in [1.807, 2.05) is 30.0 Å². The van der Waals surface area contributed by atoms with Crippen molar-refractivity contribution in [2.45, 2.75) is 26.2 Å². The van der Waals surface area contributed by atoms with Crippen molar-refractivity contribution in [3.8, 4) is 11.3 Å². The number of amides is 2. The van der Waals surface area contributed by atoms with Crippen LogP contribution in [0.25, 0.3) is 11.3 Å². The molecule has 1 aliphatic carbocycles. The van der Waals surface area contributed by atoms with E-state index in [1.165, 1.54) is 11.3 Å². The molecule has 8 heteroatoms. The van der Waals surface area contributed by atoms with Gasteiger partial charge in [-0.2, -0.15) is 0 Å². The molecular formula is C23H19F2N3O2S. The zero-order valence-electron chi connectivity index (χ0n) is 16.7. The van der Waals surface area contributed by atoms with Crippen molar-refractivity contribution >= 4 is 34.0 Å². The van der Waals surface area contributed by atoms with Gasteiger partial charge in [0.2, 0.25) is 5.91 Å². The van der Waals surface area contributed by atoms with Gasteiger partial charge in [0.15, 0.2) is 5.13 Å². The lowest BCUT2D eigenvalue weighted by Crippen LogP contribution is -2.30. The fourth-order valence-corrected chi connectivity index (χ4v) is 4.72. The predicted octanol–water partition coefficient (Wildman–Crippen LogP) is 4.95. The summed E-state index contributed by atoms with van der Waals surface area (Å²) in [6.45, 7) is 2.60. The molecule has 5 rings (SSSR count). The van der Waals surface area contributed by atoms with Crippen molar-refractivity contribution in [2.24, 2.45) is 5.92 Å². The molecule has 2 amide bonds. The van der Waals surface area contributed by atoms with Crippen LogP contribution in [0, 0.1) is 24.5 Å². The van der Waals surface area contributed by atoms with Crippen LogP contribution in [0.3, 0.4) is 0 Å². The third-order valence-corrected chi connectivity index (χ3v) is 6.52. The Bertz CT molecular complexity index is 1220. The number of rotatable bonds is 4. The van der Waals surface area contributed by atoms with Gasteiger partial charge in [0, 0.05) is 34.7 Å². The quantitative estimate of drug-likeness (QED) is 0.626. The lowest BCUT2D eigenvalue weighted by Gasteiger charge is -2.17. The molecule has 31 heavy (non-hydrogen) atoms. The van der Waals surface area contributed by atoms with Gasteiger partial charge < -0.3 is 4.90 Å². The Hall–Kier alpha value is -3.13. The Morgan fingerprint density at radius 3 is 2.71 bits per heavy atom. The number of carbonyl (C=O) groups is 2. The summed E-state index contributed by atoms with van der Waals surface area (Å²) in [7, 11) is 0. The summed E-state index contributed by atoms with van der Waals surface area (Å²) in [5.74, 6) is -1.94. The first-order chi connectivity index (χ1) is 14.9. The van der Waals surface area contributed by atoms with Crippen LogP contribution in [0.1, 0.15) is 33.6 Å². The van der Waals surface area contributed by atoms with Crippen molar-refractivity contribution < 1.29 is 18.4 Å². The van der Waals surface area contributed by atoms with Crippen molar-refractivity contribution in [2.75, 3.05) is 16.8 Å². The third kappa shape index (κ3) is 3.72. The summed E-state index contributed by atoms with van der Waals surface area (Å²) in [6.07, 6.45) is 2.77. The predicted molar refractivity (Wildman–Crippen MR) is 115 cm³/mol. The zero-order valence-corrected chi connectivity index (χ0v) is 17.6. The second kappa shape index (κ2) is 7.53. The molecule has 0 bridgehead atoms. The molecule has 0 radical (unpaired) electrons. The van der Waals surface area contributed by atoms with Crippen molar-refractivity contribution in [3.05, 3.63) is 64.0 Å². The number of carbonyl (C=O) groups excluding carboxylic acids is 2. The number of aromatic nitrogens is 1. The zero-order chi connectivity index (χ0) is 21.7. The standard InChI is InChI=1S/C23H19F2N3O2S/c1-12-20(26-23(31-12)27-21(29)17-6-5-16(24)11-18(17)25)15-4-7-19-14(10-15)8-9-28(19)22(30)13-2-3-13/h4-7,10-11,13H,2-3,8-9H2,1H3,(H,26,27,29). The number of aryl methyl sites for hydroxylation is 1. The first kappa shape index (κ1) is 19.8. The van der Waals surface area contributed by atoms with Gasteiger partial charge in [-0.05, 0) is 56.0 Å². The van der Waals surface area contributed by atoms with Crippen molar-refractivity contribution in [1.29, 1.82) is 0 Å². The van der Waals surface area contributed by atoms with Crippen LogP contribution in [0.15, 0.2) is 36.4 Å². The monoisotopic (exact) mass is 439 g/mol. The second-order valence-corrected chi connectivity index (χ2v) is 9.06. The van der Waals surface area contributed by atoms with Gasteiger partial charge in [0.05, 0.1) is 11.3 Å². The summed E-state index contributed by atoms with van der Waals surface area (Å²) in [5.41, 5.74) is 3.47. The molecule has 1 aromatic heterocycles. The number of hydrogen-bond acceptors (Lipinski definition) is 4. The Morgan fingerprint density at radius 1 is 1.16 bits per heavy atom. The SMILES string of the molecule is Cc1sc(NC(=O)c2ccc(F)cc2F)nc1-c1ccc2c(c1)CCN2C(=O)C1CC1. The van der Waals surface area contributed by atoms with E-state index in [0.29, 0.717) is 17.7 Å². The van der Waals surface area contributed by atoms with E-state index in [0.717, 1.165) is 58.8 Å². The Labute approximate surface area is 181 Å². The number of benzene rings is 2. The number of hydrogen-bond donors (Lipinski definition) is 1. The maximum Gasteiger partial charge on any atom is 0.260 e. The van der Waals surface area contributed by atoms with E-state index in [-0.39, 0.29) is 17.4 Å². The highest BCUT2D eigenvalue weighted by molar-refractivity contribution is 7.16. The van der Waals surface area contributed by atoms with Gasteiger partial charge in [0.25, 0.3) is 5.91 Å². The molecule has 2 aromatic carbocycles. The molecular weight excluding hydrogens is 420 g/mol. The molecule has 1 aliphatic heterocycles. The van der Waals surface area contributed by atoms with E-state index in [4.69, 9.17) is 0 Å². The number of anilines is 2. The van der Waals surface area contributed by atoms with Crippen LogP contribution in [0.4, 0.5) is 19.6 Å². The van der Waals surface area contributed by atoms with Crippen molar-refractivity contribution in [1.82, 2.24) is 4.98 Å². The minimum absolute atomic E-state index is 0.184. The molecule has 158 valence electrons. The average Bonchev–Trinajstić information content (AvgIpc) is 3.40. The normalized spacial score (nSPS) is 15.1. The van der Waals surface area contributed by atoms with E-state index in [2.05, 4.69) is 10.3 Å². The molecule has 3 aromatic rings. The molecule has 2 heterocycles. The molecule has 5 nitrogen and oxygen atoms in total. The van der Waals surface area contributed by atoms with Gasteiger partial charge in [-0.3, -0.25) is 14.9 Å². The van der Waals surface area contributed by atoms with Gasteiger partial charge >= 0.3 is 0 Å². The number of nitrogens with one attached hydrogen (secondary N) is 1. The largest absolute Gasteiger partial charge is 0.312 e. The van der Waals surface area contributed by atoms with Gasteiger partial charge in [-0.15, -0.1) is 11.3 Å². The fourth-order valence-electron chi connectivity index (χ4n) is 3.88. The van der Waals surface area contributed by atoms with Gasteiger partial charge in [0.1, 0.15) is 11.6 Å². The Kier molecular flexibility index (Phi) is 4.81. The van der Waals surface area contributed by atoms with Crippen LogP contribution in [-0.4, -0.2) is 23.3 Å². The molecule has 2 aliphatic rings. The first-order valence-corrected chi connectivity index (χ1v) is 10.9. The maximum atomic E-state index is 13.9. The number of halogens is 2. The van der Waals surface area contributed by atoms with Crippen LogP contribution in [-0.2, 0) is 11.2 Å². The topological polar surface area (TPSA) is 62.3 Å².